The predicted molar refractivity (Wildman–Crippen MR) is 85.1 cm³/mol. The molecule has 0 aliphatic carbocycles. The van der Waals surface area contributed by atoms with Gasteiger partial charge in [-0.3, -0.25) is 4.90 Å². The molecule has 1 N–H and O–H groups in total. The van der Waals surface area contributed by atoms with Crippen molar-refractivity contribution in [2.45, 2.75) is 33.2 Å². The maximum atomic E-state index is 3.30. The van der Waals surface area contributed by atoms with E-state index in [9.17, 15) is 0 Å². The van der Waals surface area contributed by atoms with Crippen LogP contribution in [0.5, 0.6) is 0 Å². The first-order chi connectivity index (χ1) is 8.69. The van der Waals surface area contributed by atoms with Crippen LogP contribution in [0.25, 0.3) is 0 Å². The second kappa shape index (κ2) is 7.88. The lowest BCUT2D eigenvalue weighted by atomic mass is 9.96. The average molecular weight is 283 g/mol. The molecule has 0 amide bonds. The molecule has 1 heterocycles. The highest BCUT2D eigenvalue weighted by Gasteiger charge is 2.18. The van der Waals surface area contributed by atoms with E-state index in [2.05, 4.69) is 49.3 Å². The van der Waals surface area contributed by atoms with Crippen molar-refractivity contribution in [3.63, 3.8) is 0 Å². The van der Waals surface area contributed by atoms with Crippen molar-refractivity contribution in [3.8, 4) is 0 Å². The summed E-state index contributed by atoms with van der Waals surface area (Å²) in [5.74, 6) is 0.880. The highest BCUT2D eigenvalue weighted by molar-refractivity contribution is 5.85. The molecular weight excluding hydrogens is 256 g/mol. The van der Waals surface area contributed by atoms with Gasteiger partial charge in [-0.2, -0.15) is 0 Å². The highest BCUT2D eigenvalue weighted by Crippen LogP contribution is 2.20. The van der Waals surface area contributed by atoms with Crippen molar-refractivity contribution >= 4 is 12.4 Å². The van der Waals surface area contributed by atoms with Crippen molar-refractivity contribution in [2.24, 2.45) is 5.92 Å². The average Bonchev–Trinajstić information content (AvgIpc) is 2.35. The Balaban J connectivity index is 0.00000180. The Morgan fingerprint density at radius 2 is 1.89 bits per heavy atom. The SMILES string of the molecule is CNCC1CCN(Cc2ccc(C)cc2C)CC1.Cl. The molecule has 1 aromatic rings. The number of likely N-dealkylation sites (tertiary alicyclic amines) is 1. The van der Waals surface area contributed by atoms with Gasteiger partial charge in [0, 0.05) is 6.54 Å². The number of hydrogen-bond acceptors (Lipinski definition) is 2. The normalized spacial score (nSPS) is 17.2. The van der Waals surface area contributed by atoms with Crippen LogP contribution in [-0.4, -0.2) is 31.6 Å². The number of halogens is 1. The smallest absolute Gasteiger partial charge is 0.0236 e. The Bertz CT molecular complexity index is 384. The third-order valence-corrected chi connectivity index (χ3v) is 4.09. The standard InChI is InChI=1S/C16H26N2.ClH/c1-13-4-5-16(14(2)10-13)12-18-8-6-15(7-9-18)11-17-3;/h4-5,10,15,17H,6-9,11-12H2,1-3H3;1H. The molecule has 1 fully saturated rings. The monoisotopic (exact) mass is 282 g/mol. The number of nitrogens with zero attached hydrogens (tertiary/aromatic N) is 1. The molecule has 0 radical (unpaired) electrons. The molecule has 1 saturated heterocycles. The summed E-state index contributed by atoms with van der Waals surface area (Å²) in [6.07, 6.45) is 2.68. The van der Waals surface area contributed by atoms with Gasteiger partial charge >= 0.3 is 0 Å². The first kappa shape index (κ1) is 16.5. The molecule has 0 saturated carbocycles. The molecule has 108 valence electrons. The summed E-state index contributed by atoms with van der Waals surface area (Å²) in [7, 11) is 2.06. The lowest BCUT2D eigenvalue weighted by Gasteiger charge is -2.32. The summed E-state index contributed by atoms with van der Waals surface area (Å²) in [4.78, 5) is 2.60. The van der Waals surface area contributed by atoms with Crippen LogP contribution in [0.2, 0.25) is 0 Å². The largest absolute Gasteiger partial charge is 0.319 e. The van der Waals surface area contributed by atoms with Crippen LogP contribution in [0, 0.1) is 19.8 Å². The van der Waals surface area contributed by atoms with Gasteiger partial charge in [0.05, 0.1) is 0 Å². The van der Waals surface area contributed by atoms with Crippen molar-refractivity contribution in [1.82, 2.24) is 10.2 Å². The van der Waals surface area contributed by atoms with Gasteiger partial charge in [-0.1, -0.05) is 23.8 Å². The van der Waals surface area contributed by atoms with Gasteiger partial charge < -0.3 is 5.32 Å². The summed E-state index contributed by atoms with van der Waals surface area (Å²) in [6, 6.07) is 6.82. The number of hydrogen-bond donors (Lipinski definition) is 1. The van der Waals surface area contributed by atoms with E-state index in [1.807, 2.05) is 0 Å². The Morgan fingerprint density at radius 1 is 1.21 bits per heavy atom. The van der Waals surface area contributed by atoms with E-state index >= 15 is 0 Å². The molecule has 0 aromatic heterocycles. The number of nitrogens with one attached hydrogen (secondary N) is 1. The van der Waals surface area contributed by atoms with Gasteiger partial charge in [0.1, 0.15) is 0 Å². The van der Waals surface area contributed by atoms with Crippen molar-refractivity contribution < 1.29 is 0 Å². The van der Waals surface area contributed by atoms with Crippen LogP contribution >= 0.6 is 12.4 Å². The zero-order valence-electron chi connectivity index (χ0n) is 12.4. The summed E-state index contributed by atoms with van der Waals surface area (Å²) >= 11 is 0. The van der Waals surface area contributed by atoms with Crippen LogP contribution < -0.4 is 5.32 Å². The van der Waals surface area contributed by atoms with Crippen LogP contribution in [-0.2, 0) is 6.54 Å². The van der Waals surface area contributed by atoms with Crippen molar-refractivity contribution in [1.29, 1.82) is 0 Å². The fraction of sp³-hybridized carbons (Fsp3) is 0.625. The Hall–Kier alpha value is -0.570. The molecule has 0 bridgehead atoms. The molecule has 3 heteroatoms. The van der Waals surface area contributed by atoms with Crippen LogP contribution in [0.4, 0.5) is 0 Å². The van der Waals surface area contributed by atoms with Gasteiger partial charge in [0.15, 0.2) is 0 Å². The van der Waals surface area contributed by atoms with Gasteiger partial charge in [0.25, 0.3) is 0 Å². The minimum Gasteiger partial charge on any atom is -0.319 e. The minimum atomic E-state index is 0. The van der Waals surface area contributed by atoms with Crippen molar-refractivity contribution in [3.05, 3.63) is 34.9 Å². The fourth-order valence-corrected chi connectivity index (χ4v) is 2.90. The molecule has 2 rings (SSSR count). The van der Waals surface area contributed by atoms with Gasteiger partial charge in [-0.15, -0.1) is 12.4 Å². The van der Waals surface area contributed by atoms with Crippen molar-refractivity contribution in [2.75, 3.05) is 26.7 Å². The lowest BCUT2D eigenvalue weighted by Crippen LogP contribution is -2.36. The Labute approximate surface area is 124 Å². The number of piperidine rings is 1. The minimum absolute atomic E-state index is 0. The van der Waals surface area contributed by atoms with E-state index in [1.54, 1.807) is 0 Å². The zero-order chi connectivity index (χ0) is 13.0. The maximum absolute atomic E-state index is 3.30. The zero-order valence-corrected chi connectivity index (χ0v) is 13.2. The van der Waals surface area contributed by atoms with Gasteiger partial charge in [-0.25, -0.2) is 0 Å². The van der Waals surface area contributed by atoms with Gasteiger partial charge in [-0.05, 0) is 70.4 Å². The highest BCUT2D eigenvalue weighted by atomic mass is 35.5. The van der Waals surface area contributed by atoms with E-state index in [-0.39, 0.29) is 12.4 Å². The van der Waals surface area contributed by atoms with Crippen LogP contribution in [0.15, 0.2) is 18.2 Å². The summed E-state index contributed by atoms with van der Waals surface area (Å²) in [6.45, 7) is 9.20. The molecule has 0 unspecified atom stereocenters. The number of benzene rings is 1. The first-order valence-electron chi connectivity index (χ1n) is 7.12. The van der Waals surface area contributed by atoms with E-state index in [0.717, 1.165) is 12.5 Å². The molecular formula is C16H27ClN2. The summed E-state index contributed by atoms with van der Waals surface area (Å²) < 4.78 is 0. The summed E-state index contributed by atoms with van der Waals surface area (Å²) in [5.41, 5.74) is 4.30. The third kappa shape index (κ3) is 4.79. The number of aryl methyl sites for hydroxylation is 2. The summed E-state index contributed by atoms with van der Waals surface area (Å²) in [5, 5.41) is 3.30. The second-order valence-electron chi connectivity index (χ2n) is 5.71. The fourth-order valence-electron chi connectivity index (χ4n) is 2.90. The Morgan fingerprint density at radius 3 is 2.47 bits per heavy atom. The van der Waals surface area contributed by atoms with E-state index in [1.165, 1.54) is 49.2 Å². The quantitative estimate of drug-likeness (QED) is 0.913. The van der Waals surface area contributed by atoms with E-state index in [0.29, 0.717) is 0 Å². The van der Waals surface area contributed by atoms with E-state index in [4.69, 9.17) is 0 Å². The molecule has 1 aromatic carbocycles. The number of rotatable bonds is 4. The first-order valence-corrected chi connectivity index (χ1v) is 7.12. The molecule has 0 atom stereocenters. The van der Waals surface area contributed by atoms with E-state index < -0.39 is 0 Å². The molecule has 1 aliphatic heterocycles. The molecule has 2 nitrogen and oxygen atoms in total. The lowest BCUT2D eigenvalue weighted by molar-refractivity contribution is 0.176. The maximum Gasteiger partial charge on any atom is 0.0236 e. The second-order valence-corrected chi connectivity index (χ2v) is 5.71. The Kier molecular flexibility index (Phi) is 6.84. The van der Waals surface area contributed by atoms with Crippen LogP contribution in [0.3, 0.4) is 0 Å². The topological polar surface area (TPSA) is 15.3 Å². The molecule has 0 spiro atoms. The van der Waals surface area contributed by atoms with Crippen LogP contribution in [0.1, 0.15) is 29.5 Å². The molecule has 19 heavy (non-hydrogen) atoms. The predicted octanol–water partition coefficient (Wildman–Crippen LogP) is 3.16. The van der Waals surface area contributed by atoms with Gasteiger partial charge in [0.2, 0.25) is 0 Å². The third-order valence-electron chi connectivity index (χ3n) is 4.09. The molecule has 1 aliphatic rings.